The molecule has 0 spiro atoms. The van der Waals surface area contributed by atoms with Gasteiger partial charge in [0.25, 0.3) is 5.91 Å². The number of aromatic nitrogens is 3. The minimum absolute atomic E-state index is 0.0932. The van der Waals surface area contributed by atoms with E-state index in [1.807, 2.05) is 30.4 Å². The Morgan fingerprint density at radius 1 is 1.45 bits per heavy atom. The van der Waals surface area contributed by atoms with Crippen LogP contribution < -0.4 is 0 Å². The topological polar surface area (TPSA) is 51.0 Å². The third-order valence-electron chi connectivity index (χ3n) is 4.43. The number of carbonyl (C=O) groups is 1. The van der Waals surface area contributed by atoms with E-state index in [0.29, 0.717) is 5.92 Å². The summed E-state index contributed by atoms with van der Waals surface area (Å²) in [6.07, 6.45) is 10.3. The molecule has 0 aliphatic carbocycles. The molecule has 3 heterocycles. The number of rotatable bonds is 4. The van der Waals surface area contributed by atoms with Crippen LogP contribution in [0, 0.1) is 5.92 Å². The van der Waals surface area contributed by atoms with Crippen molar-refractivity contribution >= 4 is 5.91 Å². The van der Waals surface area contributed by atoms with E-state index in [4.69, 9.17) is 0 Å². The summed E-state index contributed by atoms with van der Waals surface area (Å²) in [5, 5.41) is 0. The van der Waals surface area contributed by atoms with Gasteiger partial charge in [-0.3, -0.25) is 9.78 Å². The minimum Gasteiger partial charge on any atom is -0.341 e. The molecule has 22 heavy (non-hydrogen) atoms. The average molecular weight is 298 g/mol. The zero-order chi connectivity index (χ0) is 15.5. The van der Waals surface area contributed by atoms with Gasteiger partial charge in [-0.15, -0.1) is 0 Å². The Balaban J connectivity index is 1.67. The van der Waals surface area contributed by atoms with Gasteiger partial charge >= 0.3 is 0 Å². The van der Waals surface area contributed by atoms with Crippen molar-refractivity contribution in [2.45, 2.75) is 32.7 Å². The van der Waals surface area contributed by atoms with Crippen LogP contribution in [0.25, 0.3) is 0 Å². The molecule has 3 rings (SSSR count). The monoisotopic (exact) mass is 298 g/mol. The number of aryl methyl sites for hydroxylation is 2. The van der Waals surface area contributed by atoms with Crippen LogP contribution in [0.1, 0.15) is 35.1 Å². The number of amides is 1. The van der Waals surface area contributed by atoms with Gasteiger partial charge in [0.15, 0.2) is 0 Å². The Morgan fingerprint density at radius 2 is 2.32 bits per heavy atom. The number of fused-ring (bicyclic) bond motifs is 1. The number of imidazole rings is 1. The summed E-state index contributed by atoms with van der Waals surface area (Å²) in [5.41, 5.74) is 1.79. The number of nitrogens with zero attached hydrogens (tertiary/aromatic N) is 4. The second kappa shape index (κ2) is 6.30. The molecule has 0 radical (unpaired) electrons. The van der Waals surface area contributed by atoms with Gasteiger partial charge in [0.2, 0.25) is 0 Å². The molecule has 0 fully saturated rings. The standard InChI is InChI=1S/C17H22N4O/c1-3-14-10-18-7-6-15(14)17(22)20(2)11-13-4-5-16-19-8-9-21(16)12-13/h6-10,13H,3-5,11-12H2,1-2H3. The lowest BCUT2D eigenvalue weighted by Gasteiger charge is -2.28. The van der Waals surface area contributed by atoms with Crippen LogP contribution in [-0.4, -0.2) is 38.9 Å². The van der Waals surface area contributed by atoms with Crippen LogP contribution in [0.4, 0.5) is 0 Å². The lowest BCUT2D eigenvalue weighted by Crippen LogP contribution is -2.35. The fraction of sp³-hybridized carbons (Fsp3) is 0.471. The lowest BCUT2D eigenvalue weighted by molar-refractivity contribution is 0.0759. The minimum atomic E-state index is 0.0932. The Bertz CT molecular complexity index is 664. The van der Waals surface area contributed by atoms with Crippen LogP contribution in [0.2, 0.25) is 0 Å². The van der Waals surface area contributed by atoms with Gasteiger partial charge in [-0.05, 0) is 30.4 Å². The molecule has 0 N–H and O–H groups in total. The van der Waals surface area contributed by atoms with Gasteiger partial charge in [-0.1, -0.05) is 6.92 Å². The molecular formula is C17H22N4O. The van der Waals surface area contributed by atoms with Crippen molar-refractivity contribution in [3.05, 3.63) is 47.8 Å². The van der Waals surface area contributed by atoms with Crippen LogP contribution in [0.3, 0.4) is 0 Å². The normalized spacial score (nSPS) is 17.1. The predicted molar refractivity (Wildman–Crippen MR) is 84.6 cm³/mol. The summed E-state index contributed by atoms with van der Waals surface area (Å²) in [6, 6.07) is 1.83. The molecule has 0 bridgehead atoms. The summed E-state index contributed by atoms with van der Waals surface area (Å²) in [4.78, 5) is 23.0. The second-order valence-electron chi connectivity index (χ2n) is 5.97. The van der Waals surface area contributed by atoms with E-state index in [-0.39, 0.29) is 5.91 Å². The number of hydrogen-bond acceptors (Lipinski definition) is 3. The van der Waals surface area contributed by atoms with Crippen LogP contribution in [0.5, 0.6) is 0 Å². The first-order chi connectivity index (χ1) is 10.7. The molecule has 116 valence electrons. The maximum Gasteiger partial charge on any atom is 0.253 e. The van der Waals surface area contributed by atoms with E-state index in [1.165, 1.54) is 0 Å². The second-order valence-corrected chi connectivity index (χ2v) is 5.97. The van der Waals surface area contributed by atoms with Crippen LogP contribution in [0.15, 0.2) is 30.9 Å². The Hall–Kier alpha value is -2.17. The fourth-order valence-electron chi connectivity index (χ4n) is 3.18. The van der Waals surface area contributed by atoms with Crippen molar-refractivity contribution in [2.75, 3.05) is 13.6 Å². The summed E-state index contributed by atoms with van der Waals surface area (Å²) < 4.78 is 2.20. The SMILES string of the molecule is CCc1cnccc1C(=O)N(C)CC1CCc2nccn2C1. The summed E-state index contributed by atoms with van der Waals surface area (Å²) in [5.74, 6) is 1.74. The summed E-state index contributed by atoms with van der Waals surface area (Å²) in [7, 11) is 1.89. The highest BCUT2D eigenvalue weighted by molar-refractivity contribution is 5.95. The lowest BCUT2D eigenvalue weighted by atomic mass is 9.98. The predicted octanol–water partition coefficient (Wildman–Crippen LogP) is 2.18. The van der Waals surface area contributed by atoms with Crippen LogP contribution >= 0.6 is 0 Å². The highest BCUT2D eigenvalue weighted by Gasteiger charge is 2.23. The summed E-state index contributed by atoms with van der Waals surface area (Å²) >= 11 is 0. The van der Waals surface area contributed by atoms with E-state index in [0.717, 1.165) is 49.3 Å². The highest BCUT2D eigenvalue weighted by atomic mass is 16.2. The van der Waals surface area contributed by atoms with Crippen LogP contribution in [-0.2, 0) is 19.4 Å². The van der Waals surface area contributed by atoms with Crippen molar-refractivity contribution in [3.63, 3.8) is 0 Å². The maximum atomic E-state index is 12.7. The number of hydrogen-bond donors (Lipinski definition) is 0. The van der Waals surface area contributed by atoms with Crippen molar-refractivity contribution in [1.82, 2.24) is 19.4 Å². The van der Waals surface area contributed by atoms with Gasteiger partial charge in [0.1, 0.15) is 5.82 Å². The van der Waals surface area contributed by atoms with Gasteiger partial charge in [-0.25, -0.2) is 4.98 Å². The van der Waals surface area contributed by atoms with E-state index >= 15 is 0 Å². The first-order valence-electron chi connectivity index (χ1n) is 7.87. The number of pyridine rings is 1. The smallest absolute Gasteiger partial charge is 0.253 e. The first kappa shape index (κ1) is 14.8. The molecule has 2 aromatic heterocycles. The summed E-state index contributed by atoms with van der Waals surface area (Å²) in [6.45, 7) is 3.78. The molecule has 1 amide bonds. The molecular weight excluding hydrogens is 276 g/mol. The molecule has 0 saturated heterocycles. The quantitative estimate of drug-likeness (QED) is 0.869. The van der Waals surface area contributed by atoms with Crippen molar-refractivity contribution in [1.29, 1.82) is 0 Å². The molecule has 1 atom stereocenters. The van der Waals surface area contributed by atoms with E-state index in [1.54, 1.807) is 12.4 Å². The Morgan fingerprint density at radius 3 is 3.14 bits per heavy atom. The average Bonchev–Trinajstić information content (AvgIpc) is 3.01. The van der Waals surface area contributed by atoms with Gasteiger partial charge < -0.3 is 9.47 Å². The third kappa shape index (κ3) is 2.89. The molecule has 5 nitrogen and oxygen atoms in total. The number of carbonyl (C=O) groups excluding carboxylic acids is 1. The zero-order valence-electron chi connectivity index (χ0n) is 13.2. The van der Waals surface area contributed by atoms with E-state index in [2.05, 4.69) is 21.5 Å². The Labute approximate surface area is 131 Å². The molecule has 0 aromatic carbocycles. The van der Waals surface area contributed by atoms with Crippen molar-refractivity contribution in [2.24, 2.45) is 5.92 Å². The first-order valence-corrected chi connectivity index (χ1v) is 7.87. The fourth-order valence-corrected chi connectivity index (χ4v) is 3.18. The van der Waals surface area contributed by atoms with Gasteiger partial charge in [-0.2, -0.15) is 0 Å². The van der Waals surface area contributed by atoms with Crippen molar-refractivity contribution < 1.29 is 4.79 Å². The molecule has 1 unspecified atom stereocenters. The molecule has 1 aliphatic heterocycles. The maximum absolute atomic E-state index is 12.7. The molecule has 0 saturated carbocycles. The molecule has 1 aliphatic rings. The molecule has 5 heteroatoms. The zero-order valence-corrected chi connectivity index (χ0v) is 13.2. The van der Waals surface area contributed by atoms with Gasteiger partial charge in [0, 0.05) is 56.9 Å². The molecule has 2 aromatic rings. The van der Waals surface area contributed by atoms with E-state index in [9.17, 15) is 4.79 Å². The third-order valence-corrected chi connectivity index (χ3v) is 4.43. The van der Waals surface area contributed by atoms with E-state index < -0.39 is 0 Å². The Kier molecular flexibility index (Phi) is 4.22. The van der Waals surface area contributed by atoms with Gasteiger partial charge in [0.05, 0.1) is 0 Å². The highest BCUT2D eigenvalue weighted by Crippen LogP contribution is 2.20. The largest absolute Gasteiger partial charge is 0.341 e. The van der Waals surface area contributed by atoms with Crippen molar-refractivity contribution in [3.8, 4) is 0 Å².